The van der Waals surface area contributed by atoms with Gasteiger partial charge in [0.15, 0.2) is 12.1 Å². The number of amides is 9. The molecule has 9 amide bonds. The van der Waals surface area contributed by atoms with E-state index in [1.807, 2.05) is 5.32 Å². The van der Waals surface area contributed by atoms with Crippen molar-refractivity contribution in [3.8, 4) is 5.75 Å². The molecule has 32 nitrogen and oxygen atoms in total. The second-order valence-corrected chi connectivity index (χ2v) is 21.0. The molecule has 0 saturated carbocycles. The monoisotopic (exact) mass is 1270 g/mol. The van der Waals surface area contributed by atoms with Crippen molar-refractivity contribution in [2.24, 2.45) is 17.2 Å². The van der Waals surface area contributed by atoms with Crippen LogP contribution in [0.5, 0.6) is 5.75 Å². The second-order valence-electron chi connectivity index (χ2n) is 20.7. The SMILES string of the molecule is C/C=C1/NC(=O)C([C@H](C)O)NC(=O)[C@H](CCN)NC(=O)C([C@H](O)C(=O)O)NC(=O)C(CCCCN)NC(=O)[C@H](CC(=O)O)NC(=O)C(CCN)NC(=O)C(NC(=O)C[C@H](O)CCc2cccc(OCCCCCCC)c2)COC(=O)C([C@H](O)CCl)NC1=O. The molecule has 0 aromatic heterocycles. The minimum Gasteiger partial charge on any atom is -0.494 e. The maximum absolute atomic E-state index is 14.3. The molecule has 1 aromatic carbocycles. The first kappa shape index (κ1) is 76.5. The number of nitrogens with one attached hydrogen (secondary N) is 9. The van der Waals surface area contributed by atoms with E-state index in [0.29, 0.717) is 12.4 Å². The number of nitrogens with two attached hydrogens (primary N) is 3. The Morgan fingerprint density at radius 3 is 1.86 bits per heavy atom. The van der Waals surface area contributed by atoms with Crippen LogP contribution in [0.4, 0.5) is 0 Å². The van der Waals surface area contributed by atoms with Gasteiger partial charge in [0.2, 0.25) is 47.3 Å². The van der Waals surface area contributed by atoms with Crippen molar-refractivity contribution in [2.45, 2.75) is 183 Å². The zero-order valence-electron chi connectivity index (χ0n) is 49.5. The first-order chi connectivity index (χ1) is 41.7. The number of alkyl halides is 1. The molecule has 6 unspecified atom stereocenters. The van der Waals surface area contributed by atoms with Crippen LogP contribution in [0.1, 0.15) is 110 Å². The normalized spacial score (nSPS) is 23.7. The third kappa shape index (κ3) is 27.2. The number of aryl methyl sites for hydroxylation is 1. The lowest BCUT2D eigenvalue weighted by atomic mass is 10.0. The first-order valence-electron chi connectivity index (χ1n) is 28.9. The Morgan fingerprint density at radius 1 is 0.705 bits per heavy atom. The average Bonchev–Trinajstić information content (AvgIpc) is 3.68. The van der Waals surface area contributed by atoms with Gasteiger partial charge in [-0.05, 0) is 103 Å². The number of hydrogen-bond donors (Lipinski definition) is 18. The summed E-state index contributed by atoms with van der Waals surface area (Å²) in [6.07, 6.45) is -4.36. The van der Waals surface area contributed by atoms with Crippen molar-refractivity contribution in [3.63, 3.8) is 0 Å². The highest BCUT2D eigenvalue weighted by Crippen LogP contribution is 2.18. The fourth-order valence-electron chi connectivity index (χ4n) is 8.56. The van der Waals surface area contributed by atoms with Gasteiger partial charge in [0.1, 0.15) is 60.3 Å². The number of carbonyl (C=O) groups excluding carboxylic acids is 10. The number of allylic oxidation sites excluding steroid dienone is 1. The van der Waals surface area contributed by atoms with Crippen molar-refractivity contribution < 1.29 is 97.6 Å². The average molecular weight is 1270 g/mol. The molecule has 12 atom stereocenters. The van der Waals surface area contributed by atoms with Gasteiger partial charge >= 0.3 is 17.9 Å². The van der Waals surface area contributed by atoms with Crippen LogP contribution in [0, 0.1) is 0 Å². The number of carbonyl (C=O) groups is 12. The highest BCUT2D eigenvalue weighted by atomic mass is 35.5. The molecule has 1 fully saturated rings. The van der Waals surface area contributed by atoms with Crippen molar-refractivity contribution in [1.82, 2.24) is 47.9 Å². The van der Waals surface area contributed by atoms with Crippen LogP contribution in [0.2, 0.25) is 0 Å². The molecule has 0 aliphatic carbocycles. The molecule has 21 N–H and O–H groups in total. The highest BCUT2D eigenvalue weighted by molar-refractivity contribution is 6.18. The number of cyclic esters (lactones) is 1. The van der Waals surface area contributed by atoms with E-state index < -0.39 is 194 Å². The lowest BCUT2D eigenvalue weighted by molar-refractivity contribution is -0.153. The molecule has 33 heteroatoms. The summed E-state index contributed by atoms with van der Waals surface area (Å²) in [6.45, 7) is 2.99. The van der Waals surface area contributed by atoms with Gasteiger partial charge in [-0.2, -0.15) is 0 Å². The van der Waals surface area contributed by atoms with E-state index in [1.54, 1.807) is 24.3 Å². The predicted molar refractivity (Wildman–Crippen MR) is 312 cm³/mol. The van der Waals surface area contributed by atoms with Crippen LogP contribution in [0.15, 0.2) is 36.0 Å². The summed E-state index contributed by atoms with van der Waals surface area (Å²) in [7, 11) is 0. The standard InChI is InChI=1S/C55H87ClN12O20/c1-4-6-7-8-11-23-87-32-14-12-13-30(24-32)16-17-31(70)25-40(72)60-38-28-88-55(86)43(39(71)27-56)67-46(76)33(5-2)61-52(82)42(29(3)69)66-49(79)36(19-22-59)64-53(83)44(45(75)54(84)85)68-48(78)34(15-9-10-20-57)62-50(80)37(26-41(73)74)65-47(77)35(18-21-58)63-51(38)81/h5,12-14,24,29,31,34-39,42-45,69-71,75H,4,6-11,15-23,25-28,57-59H2,1-3H3,(H,60,72)(H,61,82)(H,62,80)(H,63,81)(H,64,83)(H,65,77)(H,66,79)(H,67,76)(H,68,78)(H,73,74)(H,84,85)/b33-5+/t29-,31+,34?,35?,36-,37-,38?,39+,42?,43?,44?,45-/m0/s1. The number of carboxylic acids is 2. The van der Waals surface area contributed by atoms with Gasteiger partial charge in [0.25, 0.3) is 5.91 Å². The molecule has 1 heterocycles. The number of aliphatic hydroxyl groups is 4. The summed E-state index contributed by atoms with van der Waals surface area (Å²) < 4.78 is 11.2. The molecule has 0 spiro atoms. The Kier molecular flexibility index (Phi) is 35.5. The number of halogens is 1. The van der Waals surface area contributed by atoms with E-state index in [0.717, 1.165) is 50.7 Å². The number of ether oxygens (including phenoxy) is 2. The first-order valence-corrected chi connectivity index (χ1v) is 29.4. The molecule has 1 aromatic rings. The Bertz CT molecular complexity index is 2550. The minimum absolute atomic E-state index is 0.0180. The topological polar surface area (TPSA) is 531 Å². The second kappa shape index (κ2) is 40.8. The molecule has 2 rings (SSSR count). The number of rotatable bonds is 28. The zero-order valence-corrected chi connectivity index (χ0v) is 50.2. The summed E-state index contributed by atoms with van der Waals surface area (Å²) in [6, 6.07) is -9.01. The van der Waals surface area contributed by atoms with Crippen molar-refractivity contribution in [1.29, 1.82) is 0 Å². The van der Waals surface area contributed by atoms with Crippen molar-refractivity contribution in [2.75, 3.05) is 38.7 Å². The number of unbranched alkanes of at least 4 members (excludes halogenated alkanes) is 5. The Hall–Kier alpha value is -7.59. The fraction of sp³-hybridized carbons (Fsp3) is 0.636. The Balaban J connectivity index is 2.74. The van der Waals surface area contributed by atoms with Crippen LogP contribution < -0.4 is 69.8 Å². The van der Waals surface area contributed by atoms with Gasteiger partial charge in [-0.15, -0.1) is 11.6 Å². The lowest BCUT2D eigenvalue weighted by Crippen LogP contribution is -2.63. The van der Waals surface area contributed by atoms with Gasteiger partial charge in [-0.25, -0.2) is 9.59 Å². The van der Waals surface area contributed by atoms with Gasteiger partial charge in [0, 0.05) is 0 Å². The quantitative estimate of drug-likeness (QED) is 0.0162. The predicted octanol–water partition coefficient (Wildman–Crippen LogP) is -5.10. The van der Waals surface area contributed by atoms with Gasteiger partial charge < -0.3 is 105 Å². The molecule has 0 radical (unpaired) electrons. The van der Waals surface area contributed by atoms with E-state index in [2.05, 4.69) is 49.5 Å². The molecule has 1 aliphatic heterocycles. The van der Waals surface area contributed by atoms with Crippen LogP contribution in [-0.4, -0.2) is 213 Å². The van der Waals surface area contributed by atoms with Crippen LogP contribution in [-0.2, 0) is 68.7 Å². The zero-order chi connectivity index (χ0) is 66.0. The molecule has 494 valence electrons. The van der Waals surface area contributed by atoms with E-state index in [1.165, 1.54) is 6.92 Å². The number of esters is 1. The summed E-state index contributed by atoms with van der Waals surface area (Å²) >= 11 is 5.91. The minimum atomic E-state index is -2.78. The largest absolute Gasteiger partial charge is 0.494 e. The molecule has 1 saturated heterocycles. The number of aliphatic carboxylic acids is 2. The van der Waals surface area contributed by atoms with Crippen LogP contribution >= 0.6 is 11.6 Å². The van der Waals surface area contributed by atoms with E-state index >= 15 is 0 Å². The fourth-order valence-corrected chi connectivity index (χ4v) is 8.73. The molecule has 88 heavy (non-hydrogen) atoms. The Morgan fingerprint density at radius 2 is 1.28 bits per heavy atom. The summed E-state index contributed by atoms with van der Waals surface area (Å²) in [4.78, 5) is 163. The van der Waals surface area contributed by atoms with Crippen LogP contribution in [0.25, 0.3) is 0 Å². The van der Waals surface area contributed by atoms with Gasteiger partial charge in [0.05, 0.1) is 43.6 Å². The highest BCUT2D eigenvalue weighted by Gasteiger charge is 2.40. The van der Waals surface area contributed by atoms with E-state index in [-0.39, 0.29) is 45.2 Å². The Labute approximate surface area is 513 Å². The summed E-state index contributed by atoms with van der Waals surface area (Å²) in [5.74, 6) is -17.3. The lowest BCUT2D eigenvalue weighted by Gasteiger charge is -2.29. The maximum Gasteiger partial charge on any atom is 0.335 e. The van der Waals surface area contributed by atoms with Crippen molar-refractivity contribution in [3.05, 3.63) is 41.6 Å². The smallest absolute Gasteiger partial charge is 0.335 e. The van der Waals surface area contributed by atoms with Gasteiger partial charge in [-0.3, -0.25) is 47.9 Å². The molecular formula is C55H87ClN12O20. The number of benzene rings is 1. The molecule has 0 bridgehead atoms. The van der Waals surface area contributed by atoms with E-state index in [4.69, 9.17) is 38.3 Å². The van der Waals surface area contributed by atoms with Crippen LogP contribution in [0.3, 0.4) is 0 Å². The molecule has 1 aliphatic rings. The third-order valence-corrected chi connectivity index (χ3v) is 13.8. The number of carboxylic acid groups (broad SMARTS) is 2. The summed E-state index contributed by atoms with van der Waals surface area (Å²) in [5, 5.41) is 82.6. The van der Waals surface area contributed by atoms with Gasteiger partial charge in [-0.1, -0.05) is 50.8 Å². The number of aliphatic hydroxyl groups excluding tert-OH is 4. The molecular weight excluding hydrogens is 1180 g/mol. The maximum atomic E-state index is 14.3. The third-order valence-electron chi connectivity index (χ3n) is 13.5. The number of hydrogen-bond acceptors (Lipinski definition) is 21. The summed E-state index contributed by atoms with van der Waals surface area (Å²) in [5.41, 5.74) is 17.2. The van der Waals surface area contributed by atoms with E-state index in [9.17, 15) is 88.2 Å². The van der Waals surface area contributed by atoms with Crippen molar-refractivity contribution >= 4 is 82.7 Å².